The van der Waals surface area contributed by atoms with Crippen LogP contribution >= 0.6 is 0 Å². The van der Waals surface area contributed by atoms with Gasteiger partial charge in [-0.25, -0.2) is 0 Å². The molecule has 0 saturated carbocycles. The first kappa shape index (κ1) is 8.10. The number of nitrogens with one attached hydrogen (secondary N) is 1. The molecular formula is C5H9N2O2. The molecule has 0 spiro atoms. The smallest absolute Gasteiger partial charge is 0.310 e. The van der Waals surface area contributed by atoms with Crippen molar-refractivity contribution in [3.8, 4) is 0 Å². The first-order valence-corrected chi connectivity index (χ1v) is 2.46. The largest absolute Gasteiger partial charge is 0.326 e. The predicted octanol–water partition coefficient (Wildman–Crippen LogP) is -1.27. The van der Waals surface area contributed by atoms with Crippen LogP contribution in [0.4, 0.5) is 0 Å². The quantitative estimate of drug-likeness (QED) is 0.292. The van der Waals surface area contributed by atoms with Gasteiger partial charge in [0.2, 0.25) is 0 Å². The van der Waals surface area contributed by atoms with Gasteiger partial charge in [-0.15, -0.1) is 0 Å². The molecular weight excluding hydrogens is 120 g/mol. The molecule has 0 aliphatic heterocycles. The van der Waals surface area contributed by atoms with Crippen LogP contribution in [0.2, 0.25) is 0 Å². The van der Waals surface area contributed by atoms with Crippen LogP contribution in [0, 0.1) is 0 Å². The van der Waals surface area contributed by atoms with Gasteiger partial charge in [0.1, 0.15) is 6.17 Å². The maximum atomic E-state index is 10.1. The van der Waals surface area contributed by atoms with Crippen LogP contribution in [-0.4, -0.2) is 37.9 Å². The number of hydrogen-bond donors (Lipinski definition) is 1. The Labute approximate surface area is 53.8 Å². The second-order valence-electron chi connectivity index (χ2n) is 1.79. The minimum atomic E-state index is -0.553. The topological polar surface area (TPSA) is 49.4 Å². The van der Waals surface area contributed by atoms with Crippen molar-refractivity contribution in [3.05, 3.63) is 0 Å². The van der Waals surface area contributed by atoms with E-state index in [4.69, 9.17) is 0 Å². The molecule has 0 bridgehead atoms. The lowest BCUT2D eigenvalue weighted by Gasteiger charge is -2.15. The Kier molecular flexibility index (Phi) is 3.62. The van der Waals surface area contributed by atoms with Crippen LogP contribution in [0.5, 0.6) is 0 Å². The fourth-order valence-corrected chi connectivity index (χ4v) is 0.345. The first-order valence-electron chi connectivity index (χ1n) is 2.46. The molecule has 0 aromatic heterocycles. The van der Waals surface area contributed by atoms with Gasteiger partial charge >= 0.3 is 6.41 Å². The number of aldehydes is 1. The molecule has 1 atom stereocenters. The number of carbonyl (C=O) groups excluding carboxylic acids is 2. The Morgan fingerprint density at radius 3 is 2.33 bits per heavy atom. The molecule has 9 heavy (non-hydrogen) atoms. The van der Waals surface area contributed by atoms with Crippen molar-refractivity contribution in [2.24, 2.45) is 0 Å². The van der Waals surface area contributed by atoms with Gasteiger partial charge in [0.05, 0.1) is 0 Å². The van der Waals surface area contributed by atoms with Crippen LogP contribution in [0.1, 0.15) is 0 Å². The van der Waals surface area contributed by atoms with Crippen LogP contribution in [0.15, 0.2) is 0 Å². The minimum absolute atomic E-state index is 0.553. The maximum absolute atomic E-state index is 10.1. The zero-order valence-electron chi connectivity index (χ0n) is 5.42. The highest BCUT2D eigenvalue weighted by atomic mass is 16.1. The predicted molar refractivity (Wildman–Crippen MR) is 32.4 cm³/mol. The number of likely N-dealkylation sites (N-methyl/N-ethyl adjacent to an activating group) is 1. The van der Waals surface area contributed by atoms with E-state index in [1.807, 2.05) is 0 Å². The number of hydrogen-bond acceptors (Lipinski definition) is 3. The molecule has 0 rings (SSSR count). The third-order valence-corrected chi connectivity index (χ3v) is 0.892. The monoisotopic (exact) mass is 129 g/mol. The van der Waals surface area contributed by atoms with Crippen molar-refractivity contribution in [2.75, 3.05) is 14.1 Å². The molecule has 0 aliphatic rings. The summed E-state index contributed by atoms with van der Waals surface area (Å²) in [7, 11) is 3.37. The zero-order valence-corrected chi connectivity index (χ0v) is 5.42. The van der Waals surface area contributed by atoms with Crippen molar-refractivity contribution < 1.29 is 9.59 Å². The molecule has 0 aromatic carbocycles. The summed E-state index contributed by atoms with van der Waals surface area (Å²) in [6.45, 7) is 0. The standard InChI is InChI=1S/C5H9N2O2/c1-7(2)5(3-8)6-4-9/h3,5H,1-2H3,(H,6,9). The lowest BCUT2D eigenvalue weighted by Crippen LogP contribution is -2.41. The second kappa shape index (κ2) is 4.03. The second-order valence-corrected chi connectivity index (χ2v) is 1.79. The zero-order chi connectivity index (χ0) is 7.28. The van der Waals surface area contributed by atoms with Crippen LogP contribution in [-0.2, 0) is 9.59 Å². The first-order chi connectivity index (χ1) is 4.22. The van der Waals surface area contributed by atoms with Gasteiger partial charge in [0.25, 0.3) is 0 Å². The molecule has 51 valence electrons. The van der Waals surface area contributed by atoms with E-state index in [1.54, 1.807) is 19.0 Å². The van der Waals surface area contributed by atoms with E-state index >= 15 is 0 Å². The van der Waals surface area contributed by atoms with Gasteiger partial charge in [0, 0.05) is 0 Å². The van der Waals surface area contributed by atoms with Crippen molar-refractivity contribution in [3.63, 3.8) is 0 Å². The van der Waals surface area contributed by atoms with Crippen LogP contribution in [0.25, 0.3) is 0 Å². The van der Waals surface area contributed by atoms with Gasteiger partial charge in [-0.2, -0.15) is 0 Å². The van der Waals surface area contributed by atoms with Crippen molar-refractivity contribution in [2.45, 2.75) is 6.17 Å². The fourth-order valence-electron chi connectivity index (χ4n) is 0.345. The molecule has 1 amide bonds. The summed E-state index contributed by atoms with van der Waals surface area (Å²) >= 11 is 0. The van der Waals surface area contributed by atoms with E-state index < -0.39 is 6.17 Å². The molecule has 0 fully saturated rings. The lowest BCUT2D eigenvalue weighted by atomic mass is 10.5. The Bertz CT molecular complexity index is 103. The Morgan fingerprint density at radius 1 is 1.67 bits per heavy atom. The molecule has 0 aromatic rings. The average molecular weight is 129 g/mol. The summed E-state index contributed by atoms with van der Waals surface area (Å²) in [4.78, 5) is 21.3. The lowest BCUT2D eigenvalue weighted by molar-refractivity contribution is -0.112. The van der Waals surface area contributed by atoms with Crippen molar-refractivity contribution in [1.29, 1.82) is 0 Å². The third kappa shape index (κ3) is 2.81. The minimum Gasteiger partial charge on any atom is -0.326 e. The summed E-state index contributed by atoms with van der Waals surface area (Å²) in [6, 6.07) is 0. The van der Waals surface area contributed by atoms with Gasteiger partial charge in [-0.3, -0.25) is 14.5 Å². The van der Waals surface area contributed by atoms with E-state index in [0.717, 1.165) is 0 Å². The summed E-state index contributed by atoms with van der Waals surface area (Å²) in [5, 5.41) is 2.18. The van der Waals surface area contributed by atoms with Gasteiger partial charge in [-0.05, 0) is 14.1 Å². The van der Waals surface area contributed by atoms with E-state index in [2.05, 4.69) is 5.32 Å². The molecule has 0 saturated heterocycles. The molecule has 4 nitrogen and oxygen atoms in total. The molecule has 0 heterocycles. The van der Waals surface area contributed by atoms with Gasteiger partial charge < -0.3 is 5.32 Å². The van der Waals surface area contributed by atoms with E-state index in [1.165, 1.54) is 6.41 Å². The van der Waals surface area contributed by atoms with E-state index in [0.29, 0.717) is 6.29 Å². The Morgan fingerprint density at radius 2 is 2.22 bits per heavy atom. The van der Waals surface area contributed by atoms with Crippen molar-refractivity contribution >= 4 is 12.7 Å². The number of rotatable bonds is 4. The molecule has 1 radical (unpaired) electrons. The van der Waals surface area contributed by atoms with Gasteiger partial charge in [-0.1, -0.05) is 0 Å². The molecule has 1 N–H and O–H groups in total. The average Bonchev–Trinajstić information content (AvgIpc) is 1.82. The Balaban J connectivity index is 3.66. The summed E-state index contributed by atoms with van der Waals surface area (Å²) in [5.74, 6) is 0. The Hall–Kier alpha value is -0.900. The molecule has 1 unspecified atom stereocenters. The summed E-state index contributed by atoms with van der Waals surface area (Å²) in [5.41, 5.74) is 0. The highest BCUT2D eigenvalue weighted by Crippen LogP contribution is 1.79. The highest BCUT2D eigenvalue weighted by molar-refractivity contribution is 5.62. The highest BCUT2D eigenvalue weighted by Gasteiger charge is 2.05. The number of nitrogens with zero attached hydrogens (tertiary/aromatic N) is 1. The molecule has 0 aliphatic carbocycles. The van der Waals surface area contributed by atoms with Crippen LogP contribution < -0.4 is 5.32 Å². The number of carbonyl (C=O) groups is 1. The van der Waals surface area contributed by atoms with Crippen LogP contribution in [0.3, 0.4) is 0 Å². The summed E-state index contributed by atoms with van der Waals surface area (Å²) < 4.78 is 0. The SMILES string of the molecule is CN(C)C(C=O)N[C]=O. The van der Waals surface area contributed by atoms with E-state index in [9.17, 15) is 9.59 Å². The normalized spacial score (nSPS) is 12.8. The third-order valence-electron chi connectivity index (χ3n) is 0.892. The van der Waals surface area contributed by atoms with E-state index in [-0.39, 0.29) is 0 Å². The van der Waals surface area contributed by atoms with Gasteiger partial charge in [0.15, 0.2) is 6.29 Å². The molecule has 4 heteroatoms. The fraction of sp³-hybridized carbons (Fsp3) is 0.600. The maximum Gasteiger partial charge on any atom is 0.310 e. The number of amides is 1. The summed E-state index contributed by atoms with van der Waals surface area (Å²) in [6.07, 6.45) is 1.50. The van der Waals surface area contributed by atoms with Crippen molar-refractivity contribution in [1.82, 2.24) is 10.2 Å².